The van der Waals surface area contributed by atoms with Gasteiger partial charge in [0.1, 0.15) is 5.92 Å². The number of carbonyl (C=O) groups is 1. The second-order valence-corrected chi connectivity index (χ2v) is 4.61. The Kier molecular flexibility index (Phi) is 2.67. The quantitative estimate of drug-likeness (QED) is 0.479. The van der Waals surface area contributed by atoms with Crippen LogP contribution >= 0.6 is 0 Å². The third kappa shape index (κ3) is 1.93. The van der Waals surface area contributed by atoms with Gasteiger partial charge in [-0.2, -0.15) is 0 Å². The van der Waals surface area contributed by atoms with E-state index in [4.69, 9.17) is 4.42 Å². The smallest absolute Gasteiger partial charge is 0.231 e. The molecule has 1 fully saturated rings. The number of hydrogen-bond donors (Lipinski definition) is 0. The maximum absolute atomic E-state index is 12.3. The molecule has 1 aromatic carbocycles. The molecule has 2 aromatic rings. The molecule has 0 amide bonds. The molecule has 3 atom stereocenters. The molecule has 0 bridgehead atoms. The van der Waals surface area contributed by atoms with Crippen molar-refractivity contribution in [2.45, 2.75) is 12.0 Å². The van der Waals surface area contributed by atoms with Crippen LogP contribution in [0.1, 0.15) is 21.8 Å². The highest BCUT2D eigenvalue weighted by Crippen LogP contribution is 2.51. The Hall–Kier alpha value is -2.43. The SMILES string of the molecule is O=C(c1ccccc1)[C@@H]1[C@@H](c2ccoc2)[C@@H]1[N+](=O)[O-]. The number of ketones is 1. The predicted octanol–water partition coefficient (Wildman–Crippen LogP) is 2.52. The van der Waals surface area contributed by atoms with E-state index in [2.05, 4.69) is 0 Å². The van der Waals surface area contributed by atoms with Crippen molar-refractivity contribution in [1.82, 2.24) is 0 Å². The fraction of sp³-hybridized carbons (Fsp3) is 0.214. The zero-order valence-electron chi connectivity index (χ0n) is 9.93. The van der Waals surface area contributed by atoms with Crippen molar-refractivity contribution in [2.24, 2.45) is 5.92 Å². The molecule has 3 rings (SSSR count). The van der Waals surface area contributed by atoms with E-state index in [-0.39, 0.29) is 16.6 Å². The summed E-state index contributed by atoms with van der Waals surface area (Å²) < 4.78 is 4.94. The van der Waals surface area contributed by atoms with E-state index in [1.807, 2.05) is 6.07 Å². The van der Waals surface area contributed by atoms with E-state index in [1.54, 1.807) is 30.3 Å². The van der Waals surface area contributed by atoms with Crippen LogP contribution in [0.15, 0.2) is 53.3 Å². The maximum Gasteiger partial charge on any atom is 0.231 e. The lowest BCUT2D eigenvalue weighted by atomic mass is 10.0. The van der Waals surface area contributed by atoms with Crippen LogP contribution in [0.5, 0.6) is 0 Å². The summed E-state index contributed by atoms with van der Waals surface area (Å²) in [6.45, 7) is 0. The molecule has 1 aromatic heterocycles. The number of hydrogen-bond acceptors (Lipinski definition) is 4. The number of nitrogens with zero attached hydrogens (tertiary/aromatic N) is 1. The molecule has 0 radical (unpaired) electrons. The summed E-state index contributed by atoms with van der Waals surface area (Å²) in [4.78, 5) is 23.0. The van der Waals surface area contributed by atoms with Crippen LogP contribution in [0.3, 0.4) is 0 Å². The molecule has 0 spiro atoms. The summed E-state index contributed by atoms with van der Waals surface area (Å²) in [6, 6.07) is 9.52. The van der Waals surface area contributed by atoms with Crippen molar-refractivity contribution >= 4 is 5.78 Å². The van der Waals surface area contributed by atoms with Gasteiger partial charge in [0.15, 0.2) is 5.78 Å². The lowest BCUT2D eigenvalue weighted by Crippen LogP contribution is -2.10. The molecule has 0 aliphatic heterocycles. The normalized spacial score (nSPS) is 24.9. The Morgan fingerprint density at radius 2 is 1.95 bits per heavy atom. The summed E-state index contributed by atoms with van der Waals surface area (Å²) in [7, 11) is 0. The molecular weight excluding hydrogens is 246 g/mol. The molecule has 96 valence electrons. The van der Waals surface area contributed by atoms with Gasteiger partial charge in [-0.05, 0) is 6.07 Å². The molecule has 0 saturated heterocycles. The first-order valence-electron chi connectivity index (χ1n) is 5.95. The predicted molar refractivity (Wildman–Crippen MR) is 66.5 cm³/mol. The van der Waals surface area contributed by atoms with Crippen LogP contribution < -0.4 is 0 Å². The zero-order valence-corrected chi connectivity index (χ0v) is 9.93. The summed E-state index contributed by atoms with van der Waals surface area (Å²) in [5.74, 6) is -1.13. The standard InChI is InChI=1S/C14H11NO4/c16-14(9-4-2-1-3-5-9)12-11(13(12)15(17)18)10-6-7-19-8-10/h1-8,11-13H/t11-,12-,13+/m1/s1. The molecule has 0 N–H and O–H groups in total. The minimum absolute atomic E-state index is 0.173. The van der Waals surface area contributed by atoms with Gasteiger partial charge in [0.25, 0.3) is 0 Å². The first-order valence-corrected chi connectivity index (χ1v) is 5.95. The van der Waals surface area contributed by atoms with Gasteiger partial charge in [0, 0.05) is 16.1 Å². The van der Waals surface area contributed by atoms with Gasteiger partial charge in [-0.1, -0.05) is 30.3 Å². The molecular formula is C14H11NO4. The van der Waals surface area contributed by atoms with Gasteiger partial charge >= 0.3 is 0 Å². The lowest BCUT2D eigenvalue weighted by Gasteiger charge is -1.97. The Morgan fingerprint density at radius 1 is 1.21 bits per heavy atom. The van der Waals surface area contributed by atoms with Crippen molar-refractivity contribution in [1.29, 1.82) is 0 Å². The van der Waals surface area contributed by atoms with E-state index < -0.39 is 12.0 Å². The van der Waals surface area contributed by atoms with E-state index in [1.165, 1.54) is 12.5 Å². The number of furan rings is 1. The monoisotopic (exact) mass is 257 g/mol. The summed E-state index contributed by atoms with van der Waals surface area (Å²) in [6.07, 6.45) is 2.94. The number of rotatable bonds is 4. The van der Waals surface area contributed by atoms with Crippen molar-refractivity contribution in [3.63, 3.8) is 0 Å². The van der Waals surface area contributed by atoms with Crippen molar-refractivity contribution in [2.75, 3.05) is 0 Å². The second-order valence-electron chi connectivity index (χ2n) is 4.61. The third-order valence-corrected chi connectivity index (χ3v) is 3.51. The zero-order chi connectivity index (χ0) is 13.4. The Bertz CT molecular complexity index is 606. The Morgan fingerprint density at radius 3 is 2.53 bits per heavy atom. The van der Waals surface area contributed by atoms with Gasteiger partial charge in [-0.25, -0.2) is 0 Å². The molecule has 0 unspecified atom stereocenters. The van der Waals surface area contributed by atoms with Crippen molar-refractivity contribution in [3.8, 4) is 0 Å². The topological polar surface area (TPSA) is 73.3 Å². The van der Waals surface area contributed by atoms with Crippen LogP contribution in [0.4, 0.5) is 0 Å². The minimum Gasteiger partial charge on any atom is -0.472 e. The molecule has 1 heterocycles. The number of nitro groups is 1. The number of Topliss-reactive ketones (excluding diaryl/α,β-unsaturated/α-hetero) is 1. The van der Waals surface area contributed by atoms with Crippen molar-refractivity contribution in [3.05, 3.63) is 70.2 Å². The van der Waals surface area contributed by atoms with Gasteiger partial charge in [0.2, 0.25) is 6.04 Å². The van der Waals surface area contributed by atoms with Crippen molar-refractivity contribution < 1.29 is 14.1 Å². The minimum atomic E-state index is -0.842. The van der Waals surface area contributed by atoms with E-state index in [0.29, 0.717) is 5.56 Å². The molecule has 19 heavy (non-hydrogen) atoms. The highest BCUT2D eigenvalue weighted by molar-refractivity contribution is 6.01. The third-order valence-electron chi connectivity index (χ3n) is 3.51. The molecule has 1 saturated carbocycles. The van der Waals surface area contributed by atoms with E-state index >= 15 is 0 Å². The average molecular weight is 257 g/mol. The molecule has 1 aliphatic carbocycles. The summed E-state index contributed by atoms with van der Waals surface area (Å²) >= 11 is 0. The maximum atomic E-state index is 12.3. The van der Waals surface area contributed by atoms with Gasteiger partial charge in [0.05, 0.1) is 18.4 Å². The van der Waals surface area contributed by atoms with Crippen LogP contribution in [0, 0.1) is 16.0 Å². The first-order chi connectivity index (χ1) is 9.20. The Balaban J connectivity index is 1.88. The molecule has 5 heteroatoms. The summed E-state index contributed by atoms with van der Waals surface area (Å²) in [5, 5.41) is 11.0. The first kappa shape index (κ1) is 11.6. The summed E-state index contributed by atoms with van der Waals surface area (Å²) in [5.41, 5.74) is 1.24. The average Bonchev–Trinajstić information content (AvgIpc) is 2.95. The Labute approximate surface area is 109 Å². The molecule has 5 nitrogen and oxygen atoms in total. The fourth-order valence-electron chi connectivity index (χ4n) is 2.54. The highest BCUT2D eigenvalue weighted by Gasteiger charge is 2.65. The van der Waals surface area contributed by atoms with Crippen LogP contribution in [-0.4, -0.2) is 16.7 Å². The lowest BCUT2D eigenvalue weighted by molar-refractivity contribution is -0.498. The van der Waals surface area contributed by atoms with E-state index in [0.717, 1.165) is 5.56 Å². The second kappa shape index (κ2) is 4.35. The fourth-order valence-corrected chi connectivity index (χ4v) is 2.54. The van der Waals surface area contributed by atoms with Gasteiger partial charge in [-0.15, -0.1) is 0 Å². The van der Waals surface area contributed by atoms with Gasteiger partial charge < -0.3 is 4.42 Å². The van der Waals surface area contributed by atoms with Crippen LogP contribution in [-0.2, 0) is 0 Å². The van der Waals surface area contributed by atoms with Gasteiger partial charge in [-0.3, -0.25) is 14.9 Å². The largest absolute Gasteiger partial charge is 0.472 e. The number of carbonyl (C=O) groups excluding carboxylic acids is 1. The van der Waals surface area contributed by atoms with Crippen LogP contribution in [0.25, 0.3) is 0 Å². The highest BCUT2D eigenvalue weighted by atomic mass is 16.6. The van der Waals surface area contributed by atoms with E-state index in [9.17, 15) is 14.9 Å². The molecule has 1 aliphatic rings. The number of benzene rings is 1. The van der Waals surface area contributed by atoms with Crippen LogP contribution in [0.2, 0.25) is 0 Å².